The summed E-state index contributed by atoms with van der Waals surface area (Å²) < 4.78 is 54.3. The molecule has 116 valence electrons. The van der Waals surface area contributed by atoms with Gasteiger partial charge in [-0.1, -0.05) is 0 Å². The second-order valence-electron chi connectivity index (χ2n) is 4.15. The van der Waals surface area contributed by atoms with Gasteiger partial charge in [0.1, 0.15) is 0 Å². The van der Waals surface area contributed by atoms with Gasteiger partial charge >= 0.3 is 7.60 Å². The van der Waals surface area contributed by atoms with Crippen molar-refractivity contribution in [3.05, 3.63) is 0 Å². The van der Waals surface area contributed by atoms with Crippen molar-refractivity contribution in [3.8, 4) is 0 Å². The number of hydrogen-bond acceptors (Lipinski definition) is 7. The summed E-state index contributed by atoms with van der Waals surface area (Å²) >= 11 is 0. The molecule has 0 N–H and O–H groups in total. The van der Waals surface area contributed by atoms with Crippen LogP contribution in [0.4, 0.5) is 0 Å². The van der Waals surface area contributed by atoms with E-state index in [-0.39, 0.29) is 26.4 Å². The van der Waals surface area contributed by atoms with Crippen LogP contribution in [0.15, 0.2) is 0 Å². The Hall–Kier alpha value is 0.0200. The first-order valence-corrected chi connectivity index (χ1v) is 9.31. The summed E-state index contributed by atoms with van der Waals surface area (Å²) in [6, 6.07) is 0. The molecule has 0 aromatic carbocycles. The highest BCUT2D eigenvalue weighted by molar-refractivity contribution is 7.85. The van der Waals surface area contributed by atoms with E-state index in [0.717, 1.165) is 6.26 Å². The lowest BCUT2D eigenvalue weighted by Gasteiger charge is -2.32. The van der Waals surface area contributed by atoms with Crippen molar-refractivity contribution in [1.82, 2.24) is 0 Å². The van der Waals surface area contributed by atoms with Crippen LogP contribution < -0.4 is 0 Å². The van der Waals surface area contributed by atoms with Gasteiger partial charge in [0, 0.05) is 0 Å². The average molecular weight is 318 g/mol. The highest BCUT2D eigenvalue weighted by atomic mass is 32.2. The van der Waals surface area contributed by atoms with E-state index in [1.165, 1.54) is 0 Å². The number of ether oxygens (including phenoxy) is 1. The van der Waals surface area contributed by atoms with Crippen LogP contribution in [-0.2, 0) is 32.7 Å². The first kappa shape index (κ1) is 19.0. The number of rotatable bonds is 10. The Morgan fingerprint density at radius 1 is 1.05 bits per heavy atom. The Labute approximate surface area is 115 Å². The van der Waals surface area contributed by atoms with E-state index in [0.29, 0.717) is 0 Å². The minimum absolute atomic E-state index is 0.0375. The van der Waals surface area contributed by atoms with Gasteiger partial charge in [0.2, 0.25) is 0 Å². The molecule has 0 saturated heterocycles. The lowest BCUT2D eigenvalue weighted by Crippen LogP contribution is -2.29. The molecule has 0 aliphatic rings. The quantitative estimate of drug-likeness (QED) is 0.346. The zero-order valence-electron chi connectivity index (χ0n) is 12.0. The van der Waals surface area contributed by atoms with Crippen molar-refractivity contribution in [2.75, 3.05) is 32.7 Å². The molecular weight excluding hydrogens is 295 g/mol. The fourth-order valence-corrected chi connectivity index (χ4v) is 3.24. The van der Waals surface area contributed by atoms with E-state index in [4.69, 9.17) is 13.8 Å². The Morgan fingerprint density at radius 3 is 1.89 bits per heavy atom. The summed E-state index contributed by atoms with van der Waals surface area (Å²) in [6.07, 6.45) is 0.948. The average Bonchev–Trinajstić information content (AvgIpc) is 2.24. The molecule has 0 aliphatic carbocycles. The molecule has 19 heavy (non-hydrogen) atoms. The van der Waals surface area contributed by atoms with Crippen LogP contribution in [0.1, 0.15) is 27.7 Å². The topological polar surface area (TPSA) is 88.1 Å². The van der Waals surface area contributed by atoms with E-state index < -0.39 is 23.1 Å². The normalized spacial score (nSPS) is 13.7. The Balaban J connectivity index is 4.53. The van der Waals surface area contributed by atoms with Crippen molar-refractivity contribution >= 4 is 17.7 Å². The van der Waals surface area contributed by atoms with Crippen LogP contribution in [-0.4, -0.2) is 46.4 Å². The van der Waals surface area contributed by atoms with Crippen LogP contribution in [0.2, 0.25) is 0 Å². The lowest BCUT2D eigenvalue weighted by atomic mass is 10.5. The second-order valence-corrected chi connectivity index (χ2v) is 8.39. The van der Waals surface area contributed by atoms with E-state index in [1.54, 1.807) is 27.7 Å². The maximum Gasteiger partial charge on any atom is 0.361 e. The van der Waals surface area contributed by atoms with Gasteiger partial charge < -0.3 is 13.8 Å². The molecule has 0 amide bonds. The molecule has 0 aromatic heterocycles. The summed E-state index contributed by atoms with van der Waals surface area (Å²) in [7, 11) is -6.94. The van der Waals surface area contributed by atoms with Gasteiger partial charge in [0.15, 0.2) is 5.34 Å². The predicted octanol–water partition coefficient (Wildman–Crippen LogP) is 1.98. The third-order valence-corrected chi connectivity index (χ3v) is 5.33. The molecule has 0 atom stereocenters. The zero-order chi connectivity index (χ0) is 15.2. The van der Waals surface area contributed by atoms with Gasteiger partial charge in [0.05, 0.1) is 32.7 Å². The van der Waals surface area contributed by atoms with Crippen molar-refractivity contribution < 1.29 is 31.0 Å². The van der Waals surface area contributed by atoms with Crippen LogP contribution in [0.3, 0.4) is 0 Å². The first-order valence-electron chi connectivity index (χ1n) is 5.95. The summed E-state index contributed by atoms with van der Waals surface area (Å²) in [5.74, 6) is 0. The van der Waals surface area contributed by atoms with E-state index >= 15 is 0 Å². The predicted molar refractivity (Wildman–Crippen MR) is 71.7 cm³/mol. The maximum absolute atomic E-state index is 12.5. The van der Waals surface area contributed by atoms with Crippen LogP contribution in [0.5, 0.6) is 0 Å². The van der Waals surface area contributed by atoms with Gasteiger partial charge in [-0.25, -0.2) is 0 Å². The first-order chi connectivity index (χ1) is 8.58. The van der Waals surface area contributed by atoms with Crippen LogP contribution in [0.25, 0.3) is 0 Å². The third-order valence-electron chi connectivity index (χ3n) is 2.09. The second kappa shape index (κ2) is 7.71. The summed E-state index contributed by atoms with van der Waals surface area (Å²) in [6.45, 7) is 6.81. The highest BCUT2D eigenvalue weighted by Gasteiger charge is 2.44. The van der Waals surface area contributed by atoms with Crippen LogP contribution >= 0.6 is 7.60 Å². The summed E-state index contributed by atoms with van der Waals surface area (Å²) in [5.41, 5.74) is 0. The maximum atomic E-state index is 12.5. The van der Waals surface area contributed by atoms with Gasteiger partial charge in [-0.05, 0) is 27.7 Å². The monoisotopic (exact) mass is 318 g/mol. The van der Waals surface area contributed by atoms with Crippen LogP contribution in [0, 0.1) is 0 Å². The molecule has 0 rings (SSSR count). The molecule has 0 saturated carbocycles. The zero-order valence-corrected chi connectivity index (χ0v) is 13.8. The van der Waals surface area contributed by atoms with Crippen molar-refractivity contribution in [2.45, 2.75) is 33.0 Å². The standard InChI is InChI=1S/C10H23O7PS/c1-6-15-18(11,16-7-2)10(3,4)14-8-9-17-19(5,12)13/h6-9H2,1-5H3. The Bertz CT molecular complexity index is 394. The van der Waals surface area contributed by atoms with E-state index in [2.05, 4.69) is 4.18 Å². The molecule has 0 aromatic rings. The minimum atomic E-state index is -3.51. The Kier molecular flexibility index (Phi) is 7.72. The lowest BCUT2D eigenvalue weighted by molar-refractivity contribution is 0.00111. The van der Waals surface area contributed by atoms with Gasteiger partial charge in [-0.3, -0.25) is 8.75 Å². The molecule has 0 unspecified atom stereocenters. The molecule has 0 spiro atoms. The minimum Gasteiger partial charge on any atom is -0.360 e. The fraction of sp³-hybridized carbons (Fsp3) is 1.00. The molecule has 0 fully saturated rings. The third kappa shape index (κ3) is 6.83. The summed E-state index contributed by atoms with van der Waals surface area (Å²) in [4.78, 5) is 0. The molecule has 0 aliphatic heterocycles. The SMILES string of the molecule is CCOP(=O)(OCC)C(C)(C)OCCOS(C)(=O)=O. The van der Waals surface area contributed by atoms with Crippen molar-refractivity contribution in [2.24, 2.45) is 0 Å². The Morgan fingerprint density at radius 2 is 1.53 bits per heavy atom. The van der Waals surface area contributed by atoms with Gasteiger partial charge in [-0.2, -0.15) is 8.42 Å². The fourth-order valence-electron chi connectivity index (χ4n) is 1.24. The highest BCUT2D eigenvalue weighted by Crippen LogP contribution is 2.60. The smallest absolute Gasteiger partial charge is 0.360 e. The molecular formula is C10H23O7PS. The summed E-state index contributed by atoms with van der Waals surface area (Å²) in [5, 5.41) is -1.18. The van der Waals surface area contributed by atoms with Crippen molar-refractivity contribution in [3.63, 3.8) is 0 Å². The van der Waals surface area contributed by atoms with Gasteiger partial charge in [-0.15, -0.1) is 0 Å². The molecule has 9 heteroatoms. The molecule has 7 nitrogen and oxygen atoms in total. The number of hydrogen-bond donors (Lipinski definition) is 0. The van der Waals surface area contributed by atoms with Gasteiger partial charge in [0.25, 0.3) is 10.1 Å². The molecule has 0 radical (unpaired) electrons. The van der Waals surface area contributed by atoms with E-state index in [1.807, 2.05) is 0 Å². The largest absolute Gasteiger partial charge is 0.361 e. The molecule has 0 bridgehead atoms. The van der Waals surface area contributed by atoms with Crippen molar-refractivity contribution in [1.29, 1.82) is 0 Å². The molecule has 0 heterocycles. The van der Waals surface area contributed by atoms with E-state index in [9.17, 15) is 13.0 Å².